The molecule has 2 heterocycles. The normalized spacial score (nSPS) is 11.0. The number of nitrogens with two attached hydrogens (primary N) is 1. The van der Waals surface area contributed by atoms with Gasteiger partial charge in [-0.2, -0.15) is 5.10 Å². The van der Waals surface area contributed by atoms with E-state index in [1.807, 2.05) is 48.7 Å². The summed E-state index contributed by atoms with van der Waals surface area (Å²) in [4.78, 5) is 3.29. The van der Waals surface area contributed by atoms with E-state index in [2.05, 4.69) is 27.3 Å². The zero-order chi connectivity index (χ0) is 14.2. The molecule has 4 nitrogen and oxygen atoms in total. The second kappa shape index (κ2) is 4.52. The standard InChI is InChI=1S/C17H14N4/c18-17-15(13-10-19-14-9-5-4-8-12(13)14)16(20-21-17)11-6-2-1-3-7-11/h1-10,19H,(H3,18,20,21). The molecule has 4 rings (SSSR count). The quantitative estimate of drug-likeness (QED) is 0.520. The fourth-order valence-corrected chi connectivity index (χ4v) is 2.72. The van der Waals surface area contributed by atoms with E-state index in [4.69, 9.17) is 5.73 Å². The van der Waals surface area contributed by atoms with Crippen molar-refractivity contribution in [3.63, 3.8) is 0 Å². The van der Waals surface area contributed by atoms with Crippen LogP contribution in [-0.4, -0.2) is 15.2 Å². The van der Waals surface area contributed by atoms with Crippen LogP contribution in [0, 0.1) is 0 Å². The van der Waals surface area contributed by atoms with Gasteiger partial charge in [-0.1, -0.05) is 48.5 Å². The van der Waals surface area contributed by atoms with Gasteiger partial charge in [-0.25, -0.2) is 0 Å². The average molecular weight is 274 g/mol. The van der Waals surface area contributed by atoms with Crippen molar-refractivity contribution in [1.82, 2.24) is 15.2 Å². The third-order valence-electron chi connectivity index (χ3n) is 3.72. The summed E-state index contributed by atoms with van der Waals surface area (Å²) in [6, 6.07) is 18.3. The molecule has 21 heavy (non-hydrogen) atoms. The molecule has 0 aliphatic heterocycles. The Hall–Kier alpha value is -3.01. The van der Waals surface area contributed by atoms with Gasteiger partial charge in [0, 0.05) is 28.2 Å². The molecule has 0 amide bonds. The van der Waals surface area contributed by atoms with Crippen molar-refractivity contribution >= 4 is 16.7 Å². The van der Waals surface area contributed by atoms with Crippen LogP contribution in [0.5, 0.6) is 0 Å². The Morgan fingerprint density at radius 3 is 2.52 bits per heavy atom. The minimum atomic E-state index is 0.513. The van der Waals surface area contributed by atoms with Crippen LogP contribution in [0.15, 0.2) is 60.8 Å². The molecule has 0 aliphatic carbocycles. The highest BCUT2D eigenvalue weighted by Gasteiger charge is 2.17. The molecule has 0 unspecified atom stereocenters. The lowest BCUT2D eigenvalue weighted by molar-refractivity contribution is 1.10. The molecular formula is C17H14N4. The molecular weight excluding hydrogens is 260 g/mol. The van der Waals surface area contributed by atoms with Crippen LogP contribution in [-0.2, 0) is 0 Å². The summed E-state index contributed by atoms with van der Waals surface area (Å²) in [5, 5.41) is 8.39. The number of nitrogens with one attached hydrogen (secondary N) is 2. The summed E-state index contributed by atoms with van der Waals surface area (Å²) >= 11 is 0. The second-order valence-corrected chi connectivity index (χ2v) is 4.97. The first-order chi connectivity index (χ1) is 10.3. The van der Waals surface area contributed by atoms with Crippen LogP contribution in [0.4, 0.5) is 5.82 Å². The number of aromatic nitrogens is 3. The number of rotatable bonds is 2. The Balaban J connectivity index is 1.99. The summed E-state index contributed by atoms with van der Waals surface area (Å²) < 4.78 is 0. The number of para-hydroxylation sites is 1. The smallest absolute Gasteiger partial charge is 0.153 e. The van der Waals surface area contributed by atoms with Crippen molar-refractivity contribution in [1.29, 1.82) is 0 Å². The molecule has 0 aliphatic rings. The number of benzene rings is 2. The van der Waals surface area contributed by atoms with Crippen molar-refractivity contribution in [2.24, 2.45) is 0 Å². The van der Waals surface area contributed by atoms with E-state index in [0.717, 1.165) is 33.3 Å². The summed E-state index contributed by atoms with van der Waals surface area (Å²) in [7, 11) is 0. The van der Waals surface area contributed by atoms with Crippen LogP contribution < -0.4 is 5.73 Å². The molecule has 0 radical (unpaired) electrons. The Morgan fingerprint density at radius 1 is 0.905 bits per heavy atom. The molecule has 0 spiro atoms. The van der Waals surface area contributed by atoms with Crippen LogP contribution in [0.25, 0.3) is 33.3 Å². The number of hydrogen-bond donors (Lipinski definition) is 3. The van der Waals surface area contributed by atoms with Gasteiger partial charge >= 0.3 is 0 Å². The lowest BCUT2D eigenvalue weighted by Crippen LogP contribution is -1.88. The minimum Gasteiger partial charge on any atom is -0.382 e. The molecule has 2 aromatic carbocycles. The minimum absolute atomic E-state index is 0.513. The lowest BCUT2D eigenvalue weighted by atomic mass is 10.0. The lowest BCUT2D eigenvalue weighted by Gasteiger charge is -2.03. The van der Waals surface area contributed by atoms with E-state index in [0.29, 0.717) is 5.82 Å². The Morgan fingerprint density at radius 2 is 1.67 bits per heavy atom. The van der Waals surface area contributed by atoms with Gasteiger partial charge in [-0.05, 0) is 6.07 Å². The van der Waals surface area contributed by atoms with E-state index < -0.39 is 0 Å². The maximum absolute atomic E-state index is 6.10. The third-order valence-corrected chi connectivity index (χ3v) is 3.72. The number of anilines is 1. The van der Waals surface area contributed by atoms with Crippen molar-refractivity contribution in [3.05, 3.63) is 60.8 Å². The van der Waals surface area contributed by atoms with Gasteiger partial charge in [-0.15, -0.1) is 0 Å². The van der Waals surface area contributed by atoms with Crippen LogP contribution in [0.1, 0.15) is 0 Å². The maximum Gasteiger partial charge on any atom is 0.153 e. The first-order valence-electron chi connectivity index (χ1n) is 6.80. The highest BCUT2D eigenvalue weighted by Crippen LogP contribution is 2.38. The van der Waals surface area contributed by atoms with E-state index in [1.165, 1.54) is 0 Å². The largest absolute Gasteiger partial charge is 0.382 e. The molecule has 4 heteroatoms. The van der Waals surface area contributed by atoms with Gasteiger partial charge in [0.2, 0.25) is 0 Å². The zero-order valence-electron chi connectivity index (χ0n) is 11.3. The Bertz CT molecular complexity index is 903. The molecule has 102 valence electrons. The second-order valence-electron chi connectivity index (χ2n) is 4.97. The summed E-state index contributed by atoms with van der Waals surface area (Å²) in [6.45, 7) is 0. The van der Waals surface area contributed by atoms with Gasteiger partial charge in [0.05, 0.1) is 11.3 Å². The fourth-order valence-electron chi connectivity index (χ4n) is 2.72. The molecule has 4 aromatic rings. The number of H-pyrrole nitrogens is 2. The predicted molar refractivity (Wildman–Crippen MR) is 85.7 cm³/mol. The van der Waals surface area contributed by atoms with Gasteiger partial charge in [0.1, 0.15) is 0 Å². The van der Waals surface area contributed by atoms with Crippen LogP contribution in [0.3, 0.4) is 0 Å². The summed E-state index contributed by atoms with van der Waals surface area (Å²) in [5.74, 6) is 0.513. The molecule has 2 aromatic heterocycles. The maximum atomic E-state index is 6.10. The van der Waals surface area contributed by atoms with E-state index in [1.54, 1.807) is 0 Å². The van der Waals surface area contributed by atoms with Gasteiger partial charge < -0.3 is 10.7 Å². The topological polar surface area (TPSA) is 70.5 Å². The fraction of sp³-hybridized carbons (Fsp3) is 0. The number of nitrogen functional groups attached to an aromatic ring is 1. The Labute approximate surface area is 121 Å². The molecule has 0 saturated carbocycles. The summed E-state index contributed by atoms with van der Waals surface area (Å²) in [5.41, 5.74) is 11.2. The first-order valence-corrected chi connectivity index (χ1v) is 6.80. The molecule has 0 fully saturated rings. The highest BCUT2D eigenvalue weighted by molar-refractivity contribution is 6.02. The van der Waals surface area contributed by atoms with Gasteiger partial charge in [0.25, 0.3) is 0 Å². The molecule has 0 saturated heterocycles. The van der Waals surface area contributed by atoms with Crippen LogP contribution in [0.2, 0.25) is 0 Å². The van der Waals surface area contributed by atoms with E-state index >= 15 is 0 Å². The number of aromatic amines is 2. The Kier molecular flexibility index (Phi) is 2.54. The SMILES string of the molecule is Nc1n[nH]c(-c2ccccc2)c1-c1c[nH]c2ccccc12. The van der Waals surface area contributed by atoms with Crippen LogP contribution >= 0.6 is 0 Å². The van der Waals surface area contributed by atoms with E-state index in [9.17, 15) is 0 Å². The third kappa shape index (κ3) is 1.80. The molecule has 0 atom stereocenters. The van der Waals surface area contributed by atoms with Gasteiger partial charge in [0.15, 0.2) is 5.82 Å². The van der Waals surface area contributed by atoms with Gasteiger partial charge in [-0.3, -0.25) is 5.10 Å². The van der Waals surface area contributed by atoms with Crippen molar-refractivity contribution in [2.45, 2.75) is 0 Å². The first kappa shape index (κ1) is 11.8. The number of nitrogens with zero attached hydrogens (tertiary/aromatic N) is 1. The van der Waals surface area contributed by atoms with Crippen molar-refractivity contribution in [3.8, 4) is 22.4 Å². The van der Waals surface area contributed by atoms with Crippen molar-refractivity contribution < 1.29 is 0 Å². The average Bonchev–Trinajstić information content (AvgIpc) is 3.11. The van der Waals surface area contributed by atoms with E-state index in [-0.39, 0.29) is 0 Å². The molecule has 4 N–H and O–H groups in total. The van der Waals surface area contributed by atoms with Crippen molar-refractivity contribution in [2.75, 3.05) is 5.73 Å². The zero-order valence-corrected chi connectivity index (χ0v) is 11.3. The summed E-state index contributed by atoms with van der Waals surface area (Å²) in [6.07, 6.45) is 1.98. The monoisotopic (exact) mass is 274 g/mol. The number of fused-ring (bicyclic) bond motifs is 1. The highest BCUT2D eigenvalue weighted by atomic mass is 15.2. The number of hydrogen-bond acceptors (Lipinski definition) is 2. The molecule has 0 bridgehead atoms. The predicted octanol–water partition coefficient (Wildman–Crippen LogP) is 3.81.